The fourth-order valence-corrected chi connectivity index (χ4v) is 7.15. The summed E-state index contributed by atoms with van der Waals surface area (Å²) in [5.74, 6) is 0.919. The van der Waals surface area contributed by atoms with Crippen molar-refractivity contribution < 1.29 is 32.5 Å². The van der Waals surface area contributed by atoms with Gasteiger partial charge in [-0.2, -0.15) is 4.31 Å². The van der Waals surface area contributed by atoms with Crippen LogP contribution in [0.5, 0.6) is 5.75 Å². The van der Waals surface area contributed by atoms with E-state index in [1.54, 1.807) is 23.5 Å². The number of nitrogens with one attached hydrogen (secondary N) is 1. The van der Waals surface area contributed by atoms with E-state index < -0.39 is 16.3 Å². The molecule has 0 radical (unpaired) electrons. The summed E-state index contributed by atoms with van der Waals surface area (Å²) in [5, 5.41) is 15.8. The first-order chi connectivity index (χ1) is 19.4. The number of fused-ring (bicyclic) bond motifs is 1. The summed E-state index contributed by atoms with van der Waals surface area (Å²) in [6.07, 6.45) is 3.85. The maximum atomic E-state index is 13.2. The number of amides is 1. The molecular weight excluding hydrogens is 552 g/mol. The molecule has 2 heterocycles. The molecule has 0 bridgehead atoms. The Labute approximate surface area is 238 Å². The van der Waals surface area contributed by atoms with Crippen LogP contribution in [0.2, 0.25) is 0 Å². The van der Waals surface area contributed by atoms with E-state index in [1.807, 2.05) is 18.2 Å². The van der Waals surface area contributed by atoms with E-state index in [-0.39, 0.29) is 48.8 Å². The highest BCUT2D eigenvalue weighted by Gasteiger charge is 2.32. The molecule has 5 rings (SSSR count). The number of benzene rings is 2. The van der Waals surface area contributed by atoms with E-state index >= 15 is 0 Å². The fraction of sp³-hybridized carbons (Fsp3) is 0.414. The average Bonchev–Trinajstić information content (AvgIpc) is 3.71. The summed E-state index contributed by atoms with van der Waals surface area (Å²) in [7, 11) is -2.36. The number of hydrogen-bond donors (Lipinski definition) is 2. The molecule has 1 aliphatic heterocycles. The Kier molecular flexibility index (Phi) is 9.07. The highest BCUT2D eigenvalue weighted by molar-refractivity contribution is 7.89. The topological polar surface area (TPSA) is 114 Å². The molecule has 11 heteroatoms. The van der Waals surface area contributed by atoms with Crippen LogP contribution in [0, 0.1) is 5.92 Å². The number of carbonyl (C=O) groups excluding carboxylic acids is 1. The van der Waals surface area contributed by atoms with Gasteiger partial charge in [0.05, 0.1) is 25.2 Å². The lowest BCUT2D eigenvalue weighted by atomic mass is 9.92. The van der Waals surface area contributed by atoms with Crippen molar-refractivity contribution in [1.82, 2.24) is 9.62 Å². The van der Waals surface area contributed by atoms with Crippen LogP contribution in [-0.2, 0) is 24.3 Å². The molecule has 2 aliphatic rings. The number of ether oxygens (including phenoxy) is 3. The van der Waals surface area contributed by atoms with Gasteiger partial charge in [-0.3, -0.25) is 4.79 Å². The number of aliphatic hydroxyl groups is 1. The van der Waals surface area contributed by atoms with Crippen LogP contribution in [0.3, 0.4) is 0 Å². The zero-order valence-electron chi connectivity index (χ0n) is 22.3. The predicted octanol–water partition coefficient (Wildman–Crippen LogP) is 3.85. The number of sulfonamides is 1. The molecule has 1 aromatic heterocycles. The van der Waals surface area contributed by atoms with Crippen molar-refractivity contribution in [2.45, 2.75) is 36.4 Å². The number of carbonyl (C=O) groups is 1. The van der Waals surface area contributed by atoms with E-state index in [0.29, 0.717) is 24.6 Å². The van der Waals surface area contributed by atoms with Crippen LogP contribution < -0.4 is 10.1 Å². The summed E-state index contributed by atoms with van der Waals surface area (Å²) in [4.78, 5) is 13.1. The Morgan fingerprint density at radius 3 is 2.65 bits per heavy atom. The summed E-state index contributed by atoms with van der Waals surface area (Å²) in [6.45, 7) is 0.233. The zero-order chi connectivity index (χ0) is 28.1. The maximum absolute atomic E-state index is 13.2. The molecule has 40 heavy (non-hydrogen) atoms. The monoisotopic (exact) mass is 586 g/mol. The molecule has 9 nitrogen and oxygen atoms in total. The van der Waals surface area contributed by atoms with Crippen LogP contribution in [0.15, 0.2) is 70.6 Å². The highest BCUT2D eigenvalue weighted by Crippen LogP contribution is 2.38. The van der Waals surface area contributed by atoms with E-state index in [0.717, 1.165) is 28.5 Å². The van der Waals surface area contributed by atoms with Gasteiger partial charge in [0.25, 0.3) is 5.91 Å². The van der Waals surface area contributed by atoms with E-state index in [2.05, 4.69) is 22.8 Å². The number of hydrogen-bond acceptors (Lipinski definition) is 8. The van der Waals surface area contributed by atoms with Crippen LogP contribution >= 0.6 is 11.3 Å². The van der Waals surface area contributed by atoms with Crippen molar-refractivity contribution in [1.29, 1.82) is 0 Å². The van der Waals surface area contributed by atoms with Gasteiger partial charge in [0.1, 0.15) is 5.75 Å². The Morgan fingerprint density at radius 1 is 1.15 bits per heavy atom. The van der Waals surface area contributed by atoms with Crippen molar-refractivity contribution in [3.8, 4) is 5.75 Å². The van der Waals surface area contributed by atoms with Gasteiger partial charge in [0.15, 0.2) is 5.76 Å². The number of rotatable bonds is 13. The van der Waals surface area contributed by atoms with Gasteiger partial charge in [-0.05, 0) is 71.5 Å². The first kappa shape index (κ1) is 28.6. The summed E-state index contributed by atoms with van der Waals surface area (Å²) in [6, 6.07) is 14.2. The maximum Gasteiger partial charge on any atom is 0.286 e. The quantitative estimate of drug-likeness (QED) is 0.313. The molecule has 0 unspecified atom stereocenters. The Balaban J connectivity index is 1.29. The second-order valence-corrected chi connectivity index (χ2v) is 12.8. The molecule has 214 valence electrons. The molecule has 2 atom stereocenters. The number of methoxy groups -OCH3 is 1. The number of thiophene rings is 1. The third kappa shape index (κ3) is 6.67. The first-order valence-electron chi connectivity index (χ1n) is 13.4. The summed E-state index contributed by atoms with van der Waals surface area (Å²) < 4.78 is 46.0. The van der Waals surface area contributed by atoms with Gasteiger partial charge >= 0.3 is 0 Å². The van der Waals surface area contributed by atoms with E-state index in [4.69, 9.17) is 14.2 Å². The molecule has 1 aliphatic carbocycles. The van der Waals surface area contributed by atoms with Crippen molar-refractivity contribution in [3.63, 3.8) is 0 Å². The molecule has 2 N–H and O–H groups in total. The minimum atomic E-state index is -3.87. The van der Waals surface area contributed by atoms with Gasteiger partial charge < -0.3 is 24.6 Å². The largest absolute Gasteiger partial charge is 0.497 e. The molecular formula is C29H34N2O7S2. The molecule has 1 saturated carbocycles. The SMILES string of the molecule is COc1ccc(S(=O)(=O)N(CCO)CCO[C@H]2C[C@@H](c3csc4ccccc34)C=C(C(=O)NCC3CC3)O2)cc1. The number of allylic oxidation sites excluding steroid dienone is 1. The van der Waals surface area contributed by atoms with Gasteiger partial charge in [0.2, 0.25) is 16.3 Å². The molecule has 3 aromatic rings. The third-order valence-electron chi connectivity index (χ3n) is 7.13. The van der Waals surface area contributed by atoms with Crippen molar-refractivity contribution in [2.24, 2.45) is 5.92 Å². The standard InChI is InChI=1S/C29H34N2O7S2/c1-36-22-8-10-23(11-9-22)40(34,35)31(12-14-32)13-15-37-28-17-21(25-19-39-27-5-3-2-4-24(25)27)16-26(38-28)29(33)30-18-20-6-7-20/h2-5,8-11,16,19-21,28,32H,6-7,12-15,17-18H2,1H3,(H,30,33)/t21-,28+/m0/s1. The predicted molar refractivity (Wildman–Crippen MR) is 153 cm³/mol. The van der Waals surface area contributed by atoms with Crippen molar-refractivity contribution >= 4 is 37.4 Å². The summed E-state index contributed by atoms with van der Waals surface area (Å²) >= 11 is 1.65. The van der Waals surface area contributed by atoms with E-state index in [1.165, 1.54) is 23.5 Å². The Hall–Kier alpha value is -2.96. The van der Waals surface area contributed by atoms with Crippen molar-refractivity contribution in [3.05, 3.63) is 71.3 Å². The second-order valence-electron chi connectivity index (χ2n) is 9.94. The molecule has 0 spiro atoms. The molecule has 1 fully saturated rings. The van der Waals surface area contributed by atoms with Crippen LogP contribution in [-0.4, -0.2) is 70.0 Å². The lowest BCUT2D eigenvalue weighted by molar-refractivity contribution is -0.146. The fourth-order valence-electron chi connectivity index (χ4n) is 4.71. The lowest BCUT2D eigenvalue weighted by Gasteiger charge is -2.30. The Bertz CT molecular complexity index is 1450. The van der Waals surface area contributed by atoms with Gasteiger partial charge in [-0.25, -0.2) is 8.42 Å². The molecule has 0 saturated heterocycles. The van der Waals surface area contributed by atoms with Gasteiger partial charge in [0, 0.05) is 36.7 Å². The van der Waals surface area contributed by atoms with E-state index in [9.17, 15) is 18.3 Å². The Morgan fingerprint density at radius 2 is 1.93 bits per heavy atom. The lowest BCUT2D eigenvalue weighted by Crippen LogP contribution is -2.38. The summed E-state index contributed by atoms with van der Waals surface area (Å²) in [5.41, 5.74) is 1.11. The van der Waals surface area contributed by atoms with Crippen LogP contribution in [0.4, 0.5) is 0 Å². The highest BCUT2D eigenvalue weighted by atomic mass is 32.2. The van der Waals surface area contributed by atoms with Crippen molar-refractivity contribution in [2.75, 3.05) is 40.0 Å². The number of aliphatic hydroxyl groups excluding tert-OH is 1. The normalized spacial score (nSPS) is 19.3. The van der Waals surface area contributed by atoms with Crippen LogP contribution in [0.25, 0.3) is 10.1 Å². The van der Waals surface area contributed by atoms with Crippen LogP contribution in [0.1, 0.15) is 30.7 Å². The number of nitrogens with zero attached hydrogens (tertiary/aromatic N) is 1. The van der Waals surface area contributed by atoms with Gasteiger partial charge in [-0.15, -0.1) is 11.3 Å². The van der Waals surface area contributed by atoms with Gasteiger partial charge in [-0.1, -0.05) is 18.2 Å². The molecule has 1 amide bonds. The first-order valence-corrected chi connectivity index (χ1v) is 15.7. The minimum Gasteiger partial charge on any atom is -0.497 e. The minimum absolute atomic E-state index is 0.00769. The zero-order valence-corrected chi connectivity index (χ0v) is 24.0. The molecule has 2 aromatic carbocycles. The average molecular weight is 587 g/mol. The third-order valence-corrected chi connectivity index (χ3v) is 10.0. The second kappa shape index (κ2) is 12.7. The smallest absolute Gasteiger partial charge is 0.286 e.